The van der Waals surface area contributed by atoms with Crippen LogP contribution in [0.4, 0.5) is 0 Å². The molecule has 0 rings (SSSR count). The molecule has 94 valence electrons. The fourth-order valence-electron chi connectivity index (χ4n) is 1.02. The van der Waals surface area contributed by atoms with Crippen LogP contribution >= 0.6 is 0 Å². The van der Waals surface area contributed by atoms with Gasteiger partial charge in [0.05, 0.1) is 6.61 Å². The summed E-state index contributed by atoms with van der Waals surface area (Å²) in [5.74, 6) is -0.661. The van der Waals surface area contributed by atoms with Crippen LogP contribution in [0.15, 0.2) is 0 Å². The molecule has 0 aromatic heterocycles. The highest BCUT2D eigenvalue weighted by Crippen LogP contribution is 2.08. The maximum atomic E-state index is 11.0. The normalized spacial score (nSPS) is 18.3. The summed E-state index contributed by atoms with van der Waals surface area (Å²) in [6, 6.07) is -1.26. The van der Waals surface area contributed by atoms with Gasteiger partial charge in [-0.3, -0.25) is 4.79 Å². The molecule has 0 radical (unpaired) electrons. The third-order valence-electron chi connectivity index (χ3n) is 2.01. The first-order valence-electron chi connectivity index (χ1n) is 4.85. The Hall–Kier alpha value is -1.02. The zero-order chi connectivity index (χ0) is 12.7. The number of rotatable bonds is 7. The Bertz CT molecular complexity index is 234. The maximum Gasteiger partial charge on any atom is 0.305 e. The summed E-state index contributed by atoms with van der Waals surface area (Å²) >= 11 is 0. The van der Waals surface area contributed by atoms with Crippen molar-refractivity contribution >= 4 is 12.3 Å². The van der Waals surface area contributed by atoms with Crippen molar-refractivity contribution < 1.29 is 29.6 Å². The van der Waals surface area contributed by atoms with Gasteiger partial charge < -0.3 is 30.6 Å². The molecule has 7 nitrogen and oxygen atoms in total. The van der Waals surface area contributed by atoms with Crippen LogP contribution in [0, 0.1) is 0 Å². The minimum Gasteiger partial charge on any atom is -0.457 e. The predicted molar refractivity (Wildman–Crippen MR) is 53.3 cm³/mol. The van der Waals surface area contributed by atoms with Crippen molar-refractivity contribution in [2.75, 3.05) is 6.61 Å². The summed E-state index contributed by atoms with van der Waals surface area (Å²) in [4.78, 5) is 21.5. The molecule has 0 aliphatic carbocycles. The minimum atomic E-state index is -1.61. The molecule has 0 heterocycles. The van der Waals surface area contributed by atoms with E-state index in [0.717, 1.165) is 0 Å². The van der Waals surface area contributed by atoms with E-state index < -0.39 is 36.9 Å². The van der Waals surface area contributed by atoms with Gasteiger partial charge >= 0.3 is 5.97 Å². The topological polar surface area (TPSA) is 130 Å². The summed E-state index contributed by atoms with van der Waals surface area (Å²) in [5, 5.41) is 27.3. The molecule has 0 aliphatic heterocycles. The Labute approximate surface area is 92.8 Å². The highest BCUT2D eigenvalue weighted by Gasteiger charge is 2.33. The van der Waals surface area contributed by atoms with Crippen LogP contribution < -0.4 is 5.73 Å². The molecule has 4 atom stereocenters. The van der Waals surface area contributed by atoms with Crippen molar-refractivity contribution in [1.29, 1.82) is 0 Å². The minimum absolute atomic E-state index is 0.0457. The summed E-state index contributed by atoms with van der Waals surface area (Å²) in [5.41, 5.74) is 5.32. The van der Waals surface area contributed by atoms with E-state index >= 15 is 0 Å². The van der Waals surface area contributed by atoms with E-state index in [1.54, 1.807) is 0 Å². The van der Waals surface area contributed by atoms with Crippen molar-refractivity contribution in [3.05, 3.63) is 0 Å². The van der Waals surface area contributed by atoms with Crippen LogP contribution in [0.3, 0.4) is 0 Å². The summed E-state index contributed by atoms with van der Waals surface area (Å²) in [6.07, 6.45) is -4.17. The molecule has 0 aromatic carbocycles. The third-order valence-corrected chi connectivity index (χ3v) is 2.01. The van der Waals surface area contributed by atoms with Gasteiger partial charge in [0.25, 0.3) is 0 Å². The lowest BCUT2D eigenvalue weighted by molar-refractivity contribution is -0.163. The number of nitrogens with two attached hydrogens (primary N) is 1. The molecule has 5 N–H and O–H groups in total. The number of hydrogen-bond acceptors (Lipinski definition) is 7. The molecule has 0 saturated heterocycles. The van der Waals surface area contributed by atoms with Crippen LogP contribution in [0.25, 0.3) is 0 Å². The van der Waals surface area contributed by atoms with Gasteiger partial charge in [0.15, 0.2) is 6.10 Å². The van der Waals surface area contributed by atoms with Crippen molar-refractivity contribution in [3.8, 4) is 0 Å². The summed E-state index contributed by atoms with van der Waals surface area (Å²) in [7, 11) is 0. The lowest BCUT2D eigenvalue weighted by Gasteiger charge is -2.27. The fraction of sp³-hybridized carbons (Fsp3) is 0.778. The summed E-state index contributed by atoms with van der Waals surface area (Å²) < 4.78 is 4.72. The van der Waals surface area contributed by atoms with E-state index in [9.17, 15) is 14.7 Å². The molecule has 0 spiro atoms. The number of ether oxygens (including phenoxy) is 1. The molecule has 0 unspecified atom stereocenters. The van der Waals surface area contributed by atoms with Crippen molar-refractivity contribution in [3.63, 3.8) is 0 Å². The number of aliphatic hydroxyl groups excluding tert-OH is 3. The zero-order valence-corrected chi connectivity index (χ0v) is 8.94. The van der Waals surface area contributed by atoms with Gasteiger partial charge in [0.2, 0.25) is 0 Å². The summed E-state index contributed by atoms with van der Waals surface area (Å²) in [6.45, 7) is 0.799. The van der Waals surface area contributed by atoms with Crippen molar-refractivity contribution in [1.82, 2.24) is 0 Å². The molecule has 0 amide bonds. The first-order chi connectivity index (χ1) is 7.47. The van der Waals surface area contributed by atoms with Crippen LogP contribution in [-0.4, -0.2) is 58.5 Å². The molecule has 0 bridgehead atoms. The van der Waals surface area contributed by atoms with E-state index in [1.807, 2.05) is 0 Å². The van der Waals surface area contributed by atoms with E-state index in [-0.39, 0.29) is 6.42 Å². The predicted octanol–water partition coefficient (Wildman–Crippen LogP) is -2.45. The van der Waals surface area contributed by atoms with Crippen LogP contribution in [0.1, 0.15) is 13.3 Å². The Morgan fingerprint density at radius 1 is 1.50 bits per heavy atom. The highest BCUT2D eigenvalue weighted by atomic mass is 16.6. The first-order valence-corrected chi connectivity index (χ1v) is 4.85. The smallest absolute Gasteiger partial charge is 0.305 e. The molecular weight excluding hydrogens is 218 g/mol. The van der Waals surface area contributed by atoms with Crippen molar-refractivity contribution in [2.24, 2.45) is 5.73 Å². The van der Waals surface area contributed by atoms with Crippen LogP contribution in [0.5, 0.6) is 0 Å². The zero-order valence-electron chi connectivity index (χ0n) is 8.94. The fourth-order valence-corrected chi connectivity index (χ4v) is 1.02. The molecule has 0 aromatic rings. The Balaban J connectivity index is 4.65. The Kier molecular flexibility index (Phi) is 6.82. The average molecular weight is 235 g/mol. The standard InChI is InChI=1S/C9H17NO6/c1-2-7(14)16-9(5(10)3-11)8(15)6(13)4-12/h3,5-6,8-9,12-13,15H,2,4,10H2,1H3/t5-,6+,8+,9+/m0/s1. The number of carbonyl (C=O) groups is 2. The van der Waals surface area contributed by atoms with Gasteiger partial charge in [-0.25, -0.2) is 0 Å². The van der Waals surface area contributed by atoms with Gasteiger partial charge in [-0.2, -0.15) is 0 Å². The average Bonchev–Trinajstić information content (AvgIpc) is 2.32. The van der Waals surface area contributed by atoms with Crippen LogP contribution in [-0.2, 0) is 14.3 Å². The van der Waals surface area contributed by atoms with E-state index in [4.69, 9.17) is 20.7 Å². The number of esters is 1. The quantitative estimate of drug-likeness (QED) is 0.284. The largest absolute Gasteiger partial charge is 0.457 e. The Morgan fingerprint density at radius 2 is 2.06 bits per heavy atom. The van der Waals surface area contributed by atoms with Gasteiger partial charge in [0, 0.05) is 6.42 Å². The van der Waals surface area contributed by atoms with Crippen molar-refractivity contribution in [2.45, 2.75) is 37.7 Å². The second kappa shape index (κ2) is 7.29. The Morgan fingerprint density at radius 3 is 2.44 bits per heavy atom. The highest BCUT2D eigenvalue weighted by molar-refractivity contribution is 5.70. The molecule has 0 saturated carbocycles. The monoisotopic (exact) mass is 235 g/mol. The van der Waals surface area contributed by atoms with Gasteiger partial charge in [-0.15, -0.1) is 0 Å². The van der Waals surface area contributed by atoms with Gasteiger partial charge in [-0.05, 0) is 0 Å². The molecule has 16 heavy (non-hydrogen) atoms. The number of aliphatic hydroxyl groups is 3. The second-order valence-corrected chi connectivity index (χ2v) is 3.26. The maximum absolute atomic E-state index is 11.0. The number of carbonyl (C=O) groups excluding carboxylic acids is 2. The van der Waals surface area contributed by atoms with Gasteiger partial charge in [0.1, 0.15) is 24.5 Å². The lowest BCUT2D eigenvalue weighted by atomic mass is 10.0. The molecule has 7 heteroatoms. The number of hydrogen-bond donors (Lipinski definition) is 4. The van der Waals surface area contributed by atoms with E-state index in [2.05, 4.69) is 0 Å². The first kappa shape index (κ1) is 15.0. The molecular formula is C9H17NO6. The van der Waals surface area contributed by atoms with E-state index in [0.29, 0.717) is 6.29 Å². The van der Waals surface area contributed by atoms with Crippen LogP contribution in [0.2, 0.25) is 0 Å². The lowest BCUT2D eigenvalue weighted by Crippen LogP contribution is -2.52. The third kappa shape index (κ3) is 4.23. The van der Waals surface area contributed by atoms with E-state index in [1.165, 1.54) is 6.92 Å². The van der Waals surface area contributed by atoms with Gasteiger partial charge in [-0.1, -0.05) is 6.92 Å². The number of aldehydes is 1. The molecule has 0 fully saturated rings. The second-order valence-electron chi connectivity index (χ2n) is 3.26. The molecule has 0 aliphatic rings. The SMILES string of the molecule is CCC(=O)O[C@@H]([C@H](O)[C@H](O)CO)[C@@H](N)C=O.